The Bertz CT molecular complexity index is 989. The Hall–Kier alpha value is -3.34. The first-order valence-corrected chi connectivity index (χ1v) is 10.1. The van der Waals surface area contributed by atoms with Crippen molar-refractivity contribution in [2.75, 3.05) is 20.3 Å². The number of hydrazone groups is 1. The van der Waals surface area contributed by atoms with Crippen molar-refractivity contribution < 1.29 is 27.6 Å². The second kappa shape index (κ2) is 9.73. The van der Waals surface area contributed by atoms with E-state index in [9.17, 15) is 18.5 Å². The van der Waals surface area contributed by atoms with Gasteiger partial charge in [-0.3, -0.25) is 10.1 Å². The summed E-state index contributed by atoms with van der Waals surface area (Å²) in [6, 6.07) is 8.49. The van der Waals surface area contributed by atoms with E-state index in [0.29, 0.717) is 12.4 Å². The zero-order valence-corrected chi connectivity index (χ0v) is 16.9. The molecule has 0 radical (unpaired) electrons. The number of hydrogen-bond donors (Lipinski definition) is 1. The van der Waals surface area contributed by atoms with Crippen molar-refractivity contribution in [3.8, 4) is 17.2 Å². The lowest BCUT2D eigenvalue weighted by Gasteiger charge is -2.10. The maximum atomic E-state index is 12.3. The molecule has 0 aliphatic carbocycles. The van der Waals surface area contributed by atoms with E-state index in [2.05, 4.69) is 9.93 Å². The summed E-state index contributed by atoms with van der Waals surface area (Å²) in [5.41, 5.74) is -0.0617. The first-order chi connectivity index (χ1) is 13.8. The maximum absolute atomic E-state index is 12.3. The Labute approximate surface area is 168 Å². The molecule has 0 amide bonds. The molecule has 0 unspecified atom stereocenters. The molecule has 1 N–H and O–H groups in total. The highest BCUT2D eigenvalue weighted by molar-refractivity contribution is 7.89. The van der Waals surface area contributed by atoms with Crippen LogP contribution in [0.1, 0.15) is 19.4 Å². The summed E-state index contributed by atoms with van der Waals surface area (Å²) in [4.78, 5) is 12.8. The van der Waals surface area contributed by atoms with Gasteiger partial charge in [0.1, 0.15) is 5.75 Å². The lowest BCUT2D eigenvalue weighted by Crippen LogP contribution is -2.18. The molecular formula is C18H21N3O7S. The maximum Gasteiger partial charge on any atom is 0.315 e. The van der Waals surface area contributed by atoms with Crippen molar-refractivity contribution in [1.82, 2.24) is 4.83 Å². The first kappa shape index (κ1) is 22.0. The SMILES string of the molecule is CCOc1ccc(S(=O)(=O)N/N=C/c2cc(OC)c(OCC)c([N+](=O)[O-])c2)cc1. The number of nitrogens with zero attached hydrogens (tertiary/aromatic N) is 2. The largest absolute Gasteiger partial charge is 0.494 e. The van der Waals surface area contributed by atoms with E-state index < -0.39 is 14.9 Å². The summed E-state index contributed by atoms with van der Waals surface area (Å²) in [5, 5.41) is 15.0. The molecule has 2 aromatic rings. The number of nitro groups is 1. The lowest BCUT2D eigenvalue weighted by molar-refractivity contribution is -0.385. The highest BCUT2D eigenvalue weighted by Crippen LogP contribution is 2.37. The molecule has 0 aliphatic heterocycles. The van der Waals surface area contributed by atoms with Gasteiger partial charge in [0.05, 0.1) is 36.4 Å². The van der Waals surface area contributed by atoms with Crippen molar-refractivity contribution in [1.29, 1.82) is 0 Å². The number of methoxy groups -OCH3 is 1. The van der Waals surface area contributed by atoms with Crippen molar-refractivity contribution in [3.05, 3.63) is 52.1 Å². The standard InChI is InChI=1S/C18H21N3O7S/c1-4-27-14-6-8-15(9-7-14)29(24,25)20-19-12-13-10-16(21(22)23)18(28-5-2)17(11-13)26-3/h6-12,20H,4-5H2,1-3H3/b19-12+. The molecule has 0 bridgehead atoms. The Morgan fingerprint density at radius 2 is 1.79 bits per heavy atom. The predicted octanol–water partition coefficient (Wildman–Crippen LogP) is 2.71. The average molecular weight is 423 g/mol. The Kier molecular flexibility index (Phi) is 7.37. The molecule has 156 valence electrons. The summed E-state index contributed by atoms with van der Waals surface area (Å²) in [6.07, 6.45) is 1.14. The van der Waals surface area contributed by atoms with E-state index >= 15 is 0 Å². The summed E-state index contributed by atoms with van der Waals surface area (Å²) >= 11 is 0. The van der Waals surface area contributed by atoms with Crippen LogP contribution in [-0.2, 0) is 10.0 Å². The molecule has 0 saturated carbocycles. The summed E-state index contributed by atoms with van der Waals surface area (Å²) in [6.45, 7) is 4.19. The Balaban J connectivity index is 2.24. The van der Waals surface area contributed by atoms with Crippen molar-refractivity contribution in [2.24, 2.45) is 5.10 Å². The summed E-state index contributed by atoms with van der Waals surface area (Å²) < 4.78 is 40.3. The molecule has 0 aliphatic rings. The zero-order valence-electron chi connectivity index (χ0n) is 16.1. The second-order valence-corrected chi connectivity index (χ2v) is 7.18. The molecule has 11 heteroatoms. The third-order valence-electron chi connectivity index (χ3n) is 3.59. The van der Waals surface area contributed by atoms with Gasteiger partial charge in [0.2, 0.25) is 5.75 Å². The quantitative estimate of drug-likeness (QED) is 0.353. The van der Waals surface area contributed by atoms with E-state index in [4.69, 9.17) is 14.2 Å². The van der Waals surface area contributed by atoms with Gasteiger partial charge in [-0.1, -0.05) is 0 Å². The molecule has 0 fully saturated rings. The number of nitro benzene ring substituents is 1. The van der Waals surface area contributed by atoms with E-state index in [1.807, 2.05) is 6.92 Å². The topological polar surface area (TPSA) is 129 Å². The Morgan fingerprint density at radius 1 is 1.14 bits per heavy atom. The zero-order chi connectivity index (χ0) is 21.4. The molecule has 0 spiro atoms. The minimum Gasteiger partial charge on any atom is -0.494 e. The van der Waals surface area contributed by atoms with E-state index in [1.165, 1.54) is 43.5 Å². The first-order valence-electron chi connectivity index (χ1n) is 8.59. The lowest BCUT2D eigenvalue weighted by atomic mass is 10.2. The van der Waals surface area contributed by atoms with Crippen LogP contribution in [0.5, 0.6) is 17.2 Å². The van der Waals surface area contributed by atoms with Crippen LogP contribution in [-0.4, -0.2) is 39.9 Å². The molecule has 0 saturated heterocycles. The van der Waals surface area contributed by atoms with Crippen LogP contribution in [0.2, 0.25) is 0 Å². The van der Waals surface area contributed by atoms with Gasteiger partial charge in [-0.25, -0.2) is 4.83 Å². The molecule has 0 aromatic heterocycles. The van der Waals surface area contributed by atoms with Crippen LogP contribution in [0, 0.1) is 10.1 Å². The van der Waals surface area contributed by atoms with E-state index in [-0.39, 0.29) is 34.3 Å². The van der Waals surface area contributed by atoms with Crippen LogP contribution >= 0.6 is 0 Å². The number of benzene rings is 2. The van der Waals surface area contributed by atoms with Gasteiger partial charge in [-0.15, -0.1) is 0 Å². The smallest absolute Gasteiger partial charge is 0.315 e. The normalized spacial score (nSPS) is 11.3. The Morgan fingerprint density at radius 3 is 2.34 bits per heavy atom. The molecule has 29 heavy (non-hydrogen) atoms. The fourth-order valence-corrected chi connectivity index (χ4v) is 3.16. The number of ether oxygens (including phenoxy) is 3. The summed E-state index contributed by atoms with van der Waals surface area (Å²) in [5.74, 6) is 0.674. The van der Waals surface area contributed by atoms with E-state index in [0.717, 1.165) is 6.21 Å². The van der Waals surface area contributed by atoms with Gasteiger partial charge in [0.15, 0.2) is 5.75 Å². The van der Waals surface area contributed by atoms with Gasteiger partial charge in [-0.05, 0) is 44.2 Å². The highest BCUT2D eigenvalue weighted by Gasteiger charge is 2.21. The van der Waals surface area contributed by atoms with Crippen LogP contribution < -0.4 is 19.0 Å². The highest BCUT2D eigenvalue weighted by atomic mass is 32.2. The molecule has 2 aromatic carbocycles. The van der Waals surface area contributed by atoms with Crippen LogP contribution in [0.25, 0.3) is 0 Å². The average Bonchev–Trinajstić information content (AvgIpc) is 2.69. The van der Waals surface area contributed by atoms with Crippen molar-refractivity contribution in [3.63, 3.8) is 0 Å². The molecule has 0 heterocycles. The minimum absolute atomic E-state index is 0.00615. The van der Waals surface area contributed by atoms with E-state index in [1.54, 1.807) is 6.92 Å². The van der Waals surface area contributed by atoms with Crippen molar-refractivity contribution >= 4 is 21.9 Å². The van der Waals surface area contributed by atoms with Gasteiger partial charge < -0.3 is 14.2 Å². The van der Waals surface area contributed by atoms with Crippen LogP contribution in [0.3, 0.4) is 0 Å². The predicted molar refractivity (Wildman–Crippen MR) is 106 cm³/mol. The number of rotatable bonds is 10. The van der Waals surface area contributed by atoms with Crippen LogP contribution in [0.4, 0.5) is 5.69 Å². The minimum atomic E-state index is -3.91. The third kappa shape index (κ3) is 5.57. The number of sulfonamides is 1. The molecule has 10 nitrogen and oxygen atoms in total. The van der Waals surface area contributed by atoms with Crippen LogP contribution in [0.15, 0.2) is 46.4 Å². The van der Waals surface area contributed by atoms with Crippen molar-refractivity contribution in [2.45, 2.75) is 18.7 Å². The molecule has 0 atom stereocenters. The molecular weight excluding hydrogens is 402 g/mol. The second-order valence-electron chi connectivity index (χ2n) is 5.52. The number of hydrogen-bond acceptors (Lipinski definition) is 8. The van der Waals surface area contributed by atoms with Gasteiger partial charge in [0.25, 0.3) is 10.0 Å². The number of nitrogens with one attached hydrogen (secondary N) is 1. The monoisotopic (exact) mass is 423 g/mol. The van der Waals surface area contributed by atoms with Gasteiger partial charge >= 0.3 is 5.69 Å². The third-order valence-corrected chi connectivity index (χ3v) is 4.83. The van der Waals surface area contributed by atoms with Gasteiger partial charge in [-0.2, -0.15) is 13.5 Å². The molecule has 2 rings (SSSR count). The summed E-state index contributed by atoms with van der Waals surface area (Å²) in [7, 11) is -2.57. The van der Waals surface area contributed by atoms with Gasteiger partial charge in [0, 0.05) is 11.6 Å². The fourth-order valence-electron chi connectivity index (χ4n) is 2.36. The fraction of sp³-hybridized carbons (Fsp3) is 0.278.